The number of halogens is 1. The molecule has 20 heavy (non-hydrogen) atoms. The maximum Gasteiger partial charge on any atom is 0.494 e. The highest BCUT2D eigenvalue weighted by atomic mass is 19.1. The van der Waals surface area contributed by atoms with Gasteiger partial charge in [-0.25, -0.2) is 9.18 Å². The minimum absolute atomic E-state index is 0.224. The Bertz CT molecular complexity index is 531. The highest BCUT2D eigenvalue weighted by Crippen LogP contribution is 2.36. The maximum absolute atomic E-state index is 13.8. The van der Waals surface area contributed by atoms with Gasteiger partial charge in [0, 0.05) is 0 Å². The van der Waals surface area contributed by atoms with Crippen molar-refractivity contribution >= 4 is 18.7 Å². The van der Waals surface area contributed by atoms with Crippen molar-refractivity contribution in [3.05, 3.63) is 24.0 Å². The van der Waals surface area contributed by atoms with E-state index in [1.165, 1.54) is 12.1 Å². The molecule has 0 bridgehead atoms. The van der Waals surface area contributed by atoms with Crippen LogP contribution >= 0.6 is 0 Å². The zero-order valence-electron chi connectivity index (χ0n) is 11.9. The number of rotatable bonds is 2. The highest BCUT2D eigenvalue weighted by molar-refractivity contribution is 6.62. The van der Waals surface area contributed by atoms with Crippen LogP contribution in [0, 0.1) is 5.82 Å². The van der Waals surface area contributed by atoms with Crippen LogP contribution in [-0.4, -0.2) is 24.4 Å². The predicted octanol–water partition coefficient (Wildman–Crippen LogP) is 1.58. The van der Waals surface area contributed by atoms with Gasteiger partial charge in [-0.2, -0.15) is 0 Å². The van der Waals surface area contributed by atoms with Gasteiger partial charge < -0.3 is 19.8 Å². The fourth-order valence-electron chi connectivity index (χ4n) is 1.83. The van der Waals surface area contributed by atoms with Gasteiger partial charge in [0.2, 0.25) is 0 Å². The lowest BCUT2D eigenvalue weighted by Crippen LogP contribution is -2.41. The molecule has 1 aliphatic heterocycles. The average molecular weight is 281 g/mol. The Hall–Kier alpha value is -1.60. The Balaban J connectivity index is 2.24. The third-order valence-corrected chi connectivity index (χ3v) is 3.69. The Morgan fingerprint density at radius 2 is 1.80 bits per heavy atom. The molecule has 2 rings (SSSR count). The van der Waals surface area contributed by atoms with Gasteiger partial charge in [0.25, 0.3) is 0 Å². The molecular weight excluding hydrogens is 264 g/mol. The Kier molecular flexibility index (Phi) is 3.52. The molecule has 0 spiro atoms. The lowest BCUT2D eigenvalue weighted by atomic mass is 9.79. The zero-order valence-corrected chi connectivity index (χ0v) is 11.9. The molecule has 1 amide bonds. The largest absolute Gasteiger partial charge is 0.494 e. The first-order valence-electron chi connectivity index (χ1n) is 6.25. The number of hydrogen-bond donors (Lipinski definition) is 1. The quantitative estimate of drug-likeness (QED) is 0.835. The van der Waals surface area contributed by atoms with Crippen LogP contribution < -0.4 is 15.9 Å². The number of amides is 1. The van der Waals surface area contributed by atoms with E-state index in [1.807, 2.05) is 27.7 Å². The molecule has 2 N–H and O–H groups in total. The van der Waals surface area contributed by atoms with E-state index in [-0.39, 0.29) is 5.75 Å². The second kappa shape index (κ2) is 4.75. The smallest absolute Gasteiger partial charge is 0.407 e. The van der Waals surface area contributed by atoms with Crippen LogP contribution in [0.5, 0.6) is 5.75 Å². The van der Waals surface area contributed by atoms with Crippen molar-refractivity contribution in [3.8, 4) is 5.75 Å². The summed E-state index contributed by atoms with van der Waals surface area (Å²) in [6.07, 6.45) is -1.06. The molecule has 7 heteroatoms. The van der Waals surface area contributed by atoms with Gasteiger partial charge in [0.1, 0.15) is 0 Å². The summed E-state index contributed by atoms with van der Waals surface area (Å²) in [6.45, 7) is 7.64. The second-order valence-electron chi connectivity index (χ2n) is 5.70. The average Bonchev–Trinajstić information content (AvgIpc) is 2.50. The fourth-order valence-corrected chi connectivity index (χ4v) is 1.83. The van der Waals surface area contributed by atoms with Crippen LogP contribution in [0.2, 0.25) is 0 Å². The normalized spacial score (nSPS) is 19.9. The molecule has 0 saturated carbocycles. The fraction of sp³-hybridized carbons (Fsp3) is 0.462. The van der Waals surface area contributed by atoms with Gasteiger partial charge in [0.15, 0.2) is 11.6 Å². The molecular formula is C13H17BFNO4. The summed E-state index contributed by atoms with van der Waals surface area (Å²) in [6, 6.07) is 4.10. The van der Waals surface area contributed by atoms with Gasteiger partial charge in [-0.15, -0.1) is 0 Å². The molecule has 1 saturated heterocycles. The van der Waals surface area contributed by atoms with Gasteiger partial charge in [-0.05, 0) is 45.3 Å². The van der Waals surface area contributed by atoms with Crippen LogP contribution in [0.3, 0.4) is 0 Å². The molecule has 1 aromatic carbocycles. The molecule has 1 heterocycles. The first kappa shape index (κ1) is 14.8. The molecule has 0 atom stereocenters. The topological polar surface area (TPSA) is 70.8 Å². The van der Waals surface area contributed by atoms with Crippen LogP contribution in [0.4, 0.5) is 9.18 Å². The van der Waals surface area contributed by atoms with Crippen molar-refractivity contribution in [2.45, 2.75) is 38.9 Å². The van der Waals surface area contributed by atoms with E-state index in [0.29, 0.717) is 5.46 Å². The summed E-state index contributed by atoms with van der Waals surface area (Å²) in [5.74, 6) is -0.922. The zero-order chi connectivity index (χ0) is 15.1. The lowest BCUT2D eigenvalue weighted by Gasteiger charge is -2.32. The van der Waals surface area contributed by atoms with Crippen molar-refractivity contribution in [3.63, 3.8) is 0 Å². The van der Waals surface area contributed by atoms with Crippen LogP contribution in [0.25, 0.3) is 0 Å². The number of primary amides is 1. The van der Waals surface area contributed by atoms with E-state index in [4.69, 9.17) is 15.0 Å². The van der Waals surface area contributed by atoms with Crippen molar-refractivity contribution in [1.82, 2.24) is 0 Å². The van der Waals surface area contributed by atoms with Gasteiger partial charge >= 0.3 is 13.2 Å². The number of nitrogens with two attached hydrogens (primary N) is 1. The minimum atomic E-state index is -1.06. The van der Waals surface area contributed by atoms with Crippen LogP contribution in [-0.2, 0) is 9.31 Å². The third kappa shape index (κ3) is 2.64. The molecule has 0 aliphatic carbocycles. The standard InChI is InChI=1S/C13H17BFNO4/c1-12(2)13(3,4)20-14(19-12)8-5-6-10(9(15)7-8)18-11(16)17/h5-7H,1-4H3,(H2,16,17). The van der Waals surface area contributed by atoms with Crippen LogP contribution in [0.1, 0.15) is 27.7 Å². The Morgan fingerprint density at radius 1 is 1.25 bits per heavy atom. The number of hydrogen-bond acceptors (Lipinski definition) is 4. The van der Waals surface area contributed by atoms with E-state index in [2.05, 4.69) is 4.74 Å². The third-order valence-electron chi connectivity index (χ3n) is 3.69. The lowest BCUT2D eigenvalue weighted by molar-refractivity contribution is 0.00578. The Labute approximate surface area is 117 Å². The van der Waals surface area contributed by atoms with E-state index < -0.39 is 30.2 Å². The number of carbonyl (C=O) groups is 1. The van der Waals surface area contributed by atoms with Gasteiger partial charge in [-0.1, -0.05) is 6.07 Å². The summed E-state index contributed by atoms with van der Waals surface area (Å²) in [4.78, 5) is 10.6. The van der Waals surface area contributed by atoms with Gasteiger partial charge in [-0.3, -0.25) is 0 Å². The van der Waals surface area contributed by atoms with E-state index >= 15 is 0 Å². The monoisotopic (exact) mass is 281 g/mol. The first-order chi connectivity index (χ1) is 9.12. The molecule has 0 radical (unpaired) electrons. The van der Waals surface area contributed by atoms with Crippen molar-refractivity contribution in [2.75, 3.05) is 0 Å². The van der Waals surface area contributed by atoms with Crippen molar-refractivity contribution in [2.24, 2.45) is 5.73 Å². The molecule has 0 aromatic heterocycles. The number of ether oxygens (including phenoxy) is 1. The number of carbonyl (C=O) groups excluding carboxylic acids is 1. The first-order valence-corrected chi connectivity index (χ1v) is 6.25. The SMILES string of the molecule is CC1(C)OB(c2ccc(OC(N)=O)c(F)c2)OC1(C)C. The molecule has 108 valence electrons. The Morgan fingerprint density at radius 3 is 2.25 bits per heavy atom. The molecule has 5 nitrogen and oxygen atoms in total. The minimum Gasteiger partial charge on any atom is -0.407 e. The second-order valence-corrected chi connectivity index (χ2v) is 5.70. The summed E-state index contributed by atoms with van der Waals surface area (Å²) >= 11 is 0. The molecule has 1 aromatic rings. The molecule has 0 unspecified atom stereocenters. The van der Waals surface area contributed by atoms with Crippen molar-refractivity contribution < 1.29 is 23.2 Å². The van der Waals surface area contributed by atoms with Gasteiger partial charge in [0.05, 0.1) is 11.2 Å². The summed E-state index contributed by atoms with van der Waals surface area (Å²) in [5, 5.41) is 0. The maximum atomic E-state index is 13.8. The highest BCUT2D eigenvalue weighted by Gasteiger charge is 2.51. The summed E-state index contributed by atoms with van der Waals surface area (Å²) in [5.41, 5.74) is 4.35. The molecule has 1 fully saturated rings. The van der Waals surface area contributed by atoms with E-state index in [0.717, 1.165) is 0 Å². The van der Waals surface area contributed by atoms with E-state index in [9.17, 15) is 9.18 Å². The predicted molar refractivity (Wildman–Crippen MR) is 72.3 cm³/mol. The van der Waals surface area contributed by atoms with Crippen molar-refractivity contribution in [1.29, 1.82) is 0 Å². The molecule has 1 aliphatic rings. The van der Waals surface area contributed by atoms with Crippen LogP contribution in [0.15, 0.2) is 18.2 Å². The van der Waals surface area contributed by atoms with E-state index in [1.54, 1.807) is 6.07 Å². The summed E-state index contributed by atoms with van der Waals surface area (Å²) < 4.78 is 29.9. The number of benzene rings is 1. The summed E-state index contributed by atoms with van der Waals surface area (Å²) in [7, 11) is -0.669.